The molecule has 1 aliphatic carbocycles. The van der Waals surface area contributed by atoms with Crippen molar-refractivity contribution >= 4 is 35.8 Å². The molecule has 0 spiro atoms. The minimum atomic E-state index is -0.000872. The van der Waals surface area contributed by atoms with E-state index >= 15 is 0 Å². The van der Waals surface area contributed by atoms with Crippen LogP contribution in [-0.4, -0.2) is 74.9 Å². The van der Waals surface area contributed by atoms with Crippen molar-refractivity contribution < 1.29 is 14.3 Å². The number of likely N-dealkylation sites (N-methyl/N-ethyl adjacent to an activating group) is 1. The first-order chi connectivity index (χ1) is 12.9. The lowest BCUT2D eigenvalue weighted by atomic mass is 9.93. The maximum Gasteiger partial charge on any atom is 0.243 e. The van der Waals surface area contributed by atoms with Crippen molar-refractivity contribution in [3.8, 4) is 0 Å². The number of ether oxygens (including phenoxy) is 2. The van der Waals surface area contributed by atoms with Crippen molar-refractivity contribution in [2.45, 2.75) is 83.1 Å². The molecule has 2 aliphatic rings. The maximum atomic E-state index is 11.9. The van der Waals surface area contributed by atoms with Crippen LogP contribution in [0.5, 0.6) is 0 Å². The number of carbonyl (C=O) groups excluding carboxylic acids is 1. The highest BCUT2D eigenvalue weighted by atomic mass is 127. The molecule has 1 amide bonds. The number of nitrogens with zero attached hydrogens (tertiary/aromatic N) is 2. The molecule has 0 aromatic rings. The molecule has 1 saturated carbocycles. The van der Waals surface area contributed by atoms with E-state index in [0.29, 0.717) is 18.1 Å². The van der Waals surface area contributed by atoms with E-state index in [1.54, 1.807) is 19.0 Å². The molecule has 1 aliphatic heterocycles. The molecular formula is C20H39IN4O3. The summed E-state index contributed by atoms with van der Waals surface area (Å²) in [5, 5.41) is 6.91. The summed E-state index contributed by atoms with van der Waals surface area (Å²) in [6.07, 6.45) is 8.55. The third-order valence-corrected chi connectivity index (χ3v) is 5.12. The standard InChI is InChI=1S/C20H38N4O3.HI/c1-15(2)27-17-10-8-16(9-11-17)23-20(22-14-19(25)24(3)4)21-13-18-7-5-6-12-26-18;/h15-18H,5-14H2,1-4H3,(H2,21,22,23);1H. The zero-order chi connectivity index (χ0) is 19.6. The first-order valence-electron chi connectivity index (χ1n) is 10.5. The monoisotopic (exact) mass is 510 g/mol. The van der Waals surface area contributed by atoms with E-state index in [-0.39, 0.29) is 48.6 Å². The molecule has 1 saturated heterocycles. The molecule has 2 rings (SSSR count). The summed E-state index contributed by atoms with van der Waals surface area (Å²) in [5.41, 5.74) is 0. The van der Waals surface area contributed by atoms with Crippen LogP contribution in [0.4, 0.5) is 0 Å². The number of nitrogens with one attached hydrogen (secondary N) is 2. The highest BCUT2D eigenvalue weighted by Gasteiger charge is 2.23. The largest absolute Gasteiger partial charge is 0.376 e. The zero-order valence-corrected chi connectivity index (χ0v) is 20.2. The van der Waals surface area contributed by atoms with Gasteiger partial charge < -0.3 is 25.0 Å². The van der Waals surface area contributed by atoms with Gasteiger partial charge in [-0.15, -0.1) is 24.0 Å². The van der Waals surface area contributed by atoms with Crippen LogP contribution in [-0.2, 0) is 14.3 Å². The molecule has 2 fully saturated rings. The fourth-order valence-corrected chi connectivity index (χ4v) is 3.54. The lowest BCUT2D eigenvalue weighted by molar-refractivity contribution is -0.127. The number of rotatable bonds is 7. The SMILES string of the molecule is CC(C)OC1CCC(NC(=NCC(=O)N(C)C)NCC2CCCCO2)CC1.I. The second kappa shape index (κ2) is 13.6. The Kier molecular flexibility index (Phi) is 12.3. The van der Waals surface area contributed by atoms with Crippen LogP contribution in [0, 0.1) is 0 Å². The third kappa shape index (κ3) is 9.73. The molecule has 1 atom stereocenters. The number of hydrogen-bond acceptors (Lipinski definition) is 4. The van der Waals surface area contributed by atoms with E-state index in [9.17, 15) is 4.79 Å². The Hall–Kier alpha value is -0.610. The Morgan fingerprint density at radius 1 is 1.18 bits per heavy atom. The first-order valence-corrected chi connectivity index (χ1v) is 10.5. The average molecular weight is 510 g/mol. The molecule has 7 nitrogen and oxygen atoms in total. The van der Waals surface area contributed by atoms with Crippen molar-refractivity contribution in [1.29, 1.82) is 0 Å². The van der Waals surface area contributed by atoms with Gasteiger partial charge in [-0.25, -0.2) is 4.99 Å². The van der Waals surface area contributed by atoms with Crippen LogP contribution in [0.2, 0.25) is 0 Å². The fraction of sp³-hybridized carbons (Fsp3) is 0.900. The Morgan fingerprint density at radius 2 is 1.89 bits per heavy atom. The van der Waals surface area contributed by atoms with Gasteiger partial charge in [-0.1, -0.05) is 0 Å². The van der Waals surface area contributed by atoms with E-state index in [4.69, 9.17) is 9.47 Å². The summed E-state index contributed by atoms with van der Waals surface area (Å²) in [4.78, 5) is 18.0. The van der Waals surface area contributed by atoms with Crippen LogP contribution in [0.25, 0.3) is 0 Å². The Balaban J connectivity index is 0.00000392. The first kappa shape index (κ1) is 25.4. The summed E-state index contributed by atoms with van der Waals surface area (Å²) in [7, 11) is 3.51. The maximum absolute atomic E-state index is 11.9. The van der Waals surface area contributed by atoms with Gasteiger partial charge >= 0.3 is 0 Å². The molecule has 8 heteroatoms. The molecule has 2 N–H and O–H groups in total. The van der Waals surface area contributed by atoms with Crippen molar-refractivity contribution in [3.05, 3.63) is 0 Å². The highest BCUT2D eigenvalue weighted by Crippen LogP contribution is 2.22. The second-order valence-corrected chi connectivity index (χ2v) is 8.13. The van der Waals surface area contributed by atoms with E-state index in [2.05, 4.69) is 29.5 Å². The summed E-state index contributed by atoms with van der Waals surface area (Å²) < 4.78 is 11.7. The van der Waals surface area contributed by atoms with E-state index < -0.39 is 0 Å². The Bertz CT molecular complexity index is 474. The Morgan fingerprint density at radius 3 is 2.46 bits per heavy atom. The quantitative estimate of drug-likeness (QED) is 0.313. The smallest absolute Gasteiger partial charge is 0.243 e. The summed E-state index contributed by atoms with van der Waals surface area (Å²) >= 11 is 0. The number of hydrogen-bond donors (Lipinski definition) is 2. The number of amides is 1. The molecule has 0 bridgehead atoms. The van der Waals surface area contributed by atoms with Gasteiger partial charge in [-0.3, -0.25) is 4.79 Å². The number of aliphatic imine (C=N–C) groups is 1. The van der Waals surface area contributed by atoms with Crippen LogP contribution in [0.15, 0.2) is 4.99 Å². The molecule has 0 radical (unpaired) electrons. The lowest BCUT2D eigenvalue weighted by Gasteiger charge is -2.31. The number of guanidine groups is 1. The van der Waals surface area contributed by atoms with Gasteiger partial charge in [0.25, 0.3) is 0 Å². The molecule has 28 heavy (non-hydrogen) atoms. The van der Waals surface area contributed by atoms with Crippen molar-refractivity contribution in [3.63, 3.8) is 0 Å². The molecule has 0 aromatic carbocycles. The summed E-state index contributed by atoms with van der Waals surface area (Å²) in [6, 6.07) is 0.366. The minimum Gasteiger partial charge on any atom is -0.376 e. The van der Waals surface area contributed by atoms with Gasteiger partial charge in [-0.2, -0.15) is 0 Å². The molecule has 1 unspecified atom stereocenters. The van der Waals surface area contributed by atoms with Gasteiger partial charge in [0.1, 0.15) is 6.54 Å². The number of halogens is 1. The predicted octanol–water partition coefficient (Wildman–Crippen LogP) is 2.53. The van der Waals surface area contributed by atoms with Gasteiger partial charge in [-0.05, 0) is 58.8 Å². The van der Waals surface area contributed by atoms with E-state index in [1.807, 2.05) is 0 Å². The highest BCUT2D eigenvalue weighted by molar-refractivity contribution is 14.0. The summed E-state index contributed by atoms with van der Waals surface area (Å²) in [6.45, 7) is 5.90. The molecule has 164 valence electrons. The predicted molar refractivity (Wildman–Crippen MR) is 123 cm³/mol. The Labute approximate surface area is 187 Å². The lowest BCUT2D eigenvalue weighted by Crippen LogP contribution is -2.48. The topological polar surface area (TPSA) is 75.2 Å². The molecular weight excluding hydrogens is 471 g/mol. The van der Waals surface area contributed by atoms with Crippen molar-refractivity contribution in [2.24, 2.45) is 4.99 Å². The second-order valence-electron chi connectivity index (χ2n) is 8.13. The van der Waals surface area contributed by atoms with Gasteiger partial charge in [0, 0.05) is 33.3 Å². The zero-order valence-electron chi connectivity index (χ0n) is 17.9. The normalized spacial score (nSPS) is 25.8. The average Bonchev–Trinajstić information content (AvgIpc) is 2.65. The van der Waals surface area contributed by atoms with Crippen LogP contribution < -0.4 is 10.6 Å². The van der Waals surface area contributed by atoms with Crippen molar-refractivity contribution in [2.75, 3.05) is 33.8 Å². The number of carbonyl (C=O) groups is 1. The van der Waals surface area contributed by atoms with Crippen LogP contribution in [0.1, 0.15) is 58.8 Å². The van der Waals surface area contributed by atoms with Crippen LogP contribution >= 0.6 is 24.0 Å². The van der Waals surface area contributed by atoms with Gasteiger partial charge in [0.05, 0.1) is 18.3 Å². The van der Waals surface area contributed by atoms with Gasteiger partial charge in [0.2, 0.25) is 5.91 Å². The van der Waals surface area contributed by atoms with Crippen molar-refractivity contribution in [1.82, 2.24) is 15.5 Å². The molecule has 0 aromatic heterocycles. The fourth-order valence-electron chi connectivity index (χ4n) is 3.54. The van der Waals surface area contributed by atoms with Gasteiger partial charge in [0.15, 0.2) is 5.96 Å². The van der Waals surface area contributed by atoms with E-state index in [0.717, 1.165) is 51.7 Å². The molecule has 1 heterocycles. The third-order valence-electron chi connectivity index (χ3n) is 5.12. The summed E-state index contributed by atoms with van der Waals surface area (Å²) in [5.74, 6) is 0.714. The van der Waals surface area contributed by atoms with Crippen LogP contribution in [0.3, 0.4) is 0 Å². The van der Waals surface area contributed by atoms with E-state index in [1.165, 1.54) is 6.42 Å². The minimum absolute atomic E-state index is 0.